The van der Waals surface area contributed by atoms with E-state index in [4.69, 9.17) is 5.11 Å². The van der Waals surface area contributed by atoms with Crippen LogP contribution in [0, 0.1) is 0 Å². The molecule has 0 aliphatic heterocycles. The van der Waals surface area contributed by atoms with Gasteiger partial charge in [0.15, 0.2) is 0 Å². The third-order valence-corrected chi connectivity index (χ3v) is 24.4. The molecular formula is C85H71NO2P4Pd. The normalized spacial score (nSPS) is 10.4. The summed E-state index contributed by atoms with van der Waals surface area (Å²) in [6.45, 7) is 3.68. The number of hydrogen-bond donors (Lipinski definition) is 1. The van der Waals surface area contributed by atoms with Crippen molar-refractivity contribution in [1.82, 2.24) is 4.98 Å². The first-order valence-electron chi connectivity index (χ1n) is 30.6. The van der Waals surface area contributed by atoms with Crippen LogP contribution in [0.5, 0.6) is 0 Å². The molecule has 14 aromatic rings. The van der Waals surface area contributed by atoms with Crippen molar-refractivity contribution in [2.24, 2.45) is 0 Å². The van der Waals surface area contributed by atoms with Gasteiger partial charge in [0.25, 0.3) is 0 Å². The van der Waals surface area contributed by atoms with E-state index in [0.717, 1.165) is 16.5 Å². The van der Waals surface area contributed by atoms with E-state index in [1.807, 2.05) is 18.2 Å². The van der Waals surface area contributed by atoms with Crippen molar-refractivity contribution in [3.05, 3.63) is 418 Å². The molecule has 0 spiro atoms. The molecular weight excluding hydrogens is 1300 g/mol. The summed E-state index contributed by atoms with van der Waals surface area (Å²) in [5, 5.41) is 26.6. The Bertz CT molecular complexity index is 3540. The predicted octanol–water partition coefficient (Wildman–Crippen LogP) is 16.4. The summed E-state index contributed by atoms with van der Waals surface area (Å²) >= 11 is 0. The van der Waals surface area contributed by atoms with Gasteiger partial charge >= 0.3 is 5.97 Å². The smallest absolute Gasteiger partial charge is 0.337 e. The van der Waals surface area contributed by atoms with E-state index in [2.05, 4.69) is 376 Å². The third-order valence-electron chi connectivity index (χ3n) is 14.6. The van der Waals surface area contributed by atoms with E-state index in [1.54, 1.807) is 12.1 Å². The Morgan fingerprint density at radius 1 is 0.301 bits per heavy atom. The molecule has 0 atom stereocenters. The zero-order valence-corrected chi connectivity index (χ0v) is 56.6. The van der Waals surface area contributed by atoms with Crippen LogP contribution in [0.1, 0.15) is 15.9 Å². The summed E-state index contributed by atoms with van der Waals surface area (Å²) in [6.07, 6.45) is 3.88. The van der Waals surface area contributed by atoms with Gasteiger partial charge in [-0.1, -0.05) is 382 Å². The van der Waals surface area contributed by atoms with Crippen LogP contribution in [-0.4, -0.2) is 16.1 Å². The van der Waals surface area contributed by atoms with Gasteiger partial charge in [0, 0.05) is 32.0 Å². The molecule has 0 bridgehead atoms. The number of pyridine rings is 1. The van der Waals surface area contributed by atoms with Crippen molar-refractivity contribution in [2.45, 2.75) is 6.42 Å². The fourth-order valence-electron chi connectivity index (χ4n) is 10.4. The van der Waals surface area contributed by atoms with Gasteiger partial charge in [0.05, 0.1) is 11.1 Å². The van der Waals surface area contributed by atoms with Crippen LogP contribution < -0.4 is 63.7 Å². The minimum absolute atomic E-state index is 0. The molecule has 8 heteroatoms. The molecule has 14 rings (SSSR count). The van der Waals surface area contributed by atoms with Crippen molar-refractivity contribution < 1.29 is 30.3 Å². The van der Waals surface area contributed by atoms with Crippen LogP contribution in [0.4, 0.5) is 0 Å². The van der Waals surface area contributed by atoms with Crippen LogP contribution in [0.25, 0.3) is 10.9 Å². The number of carboxylic acid groups (broad SMARTS) is 1. The molecule has 0 radical (unpaired) electrons. The van der Waals surface area contributed by atoms with Gasteiger partial charge < -0.3 is 5.11 Å². The number of aromatic nitrogens is 1. The number of aromatic carboxylic acids is 1. The average molecular weight is 1370 g/mol. The van der Waals surface area contributed by atoms with Gasteiger partial charge in [0.2, 0.25) is 0 Å². The molecule has 0 unspecified atom stereocenters. The molecule has 1 N–H and O–H groups in total. The van der Waals surface area contributed by atoms with Gasteiger partial charge in [-0.2, -0.15) is 0 Å². The fourth-order valence-corrected chi connectivity index (χ4v) is 19.6. The van der Waals surface area contributed by atoms with E-state index < -0.39 is 37.7 Å². The number of benzene rings is 13. The van der Waals surface area contributed by atoms with Crippen molar-refractivity contribution >= 4 is 112 Å². The minimum Gasteiger partial charge on any atom is -0.478 e. The second-order valence-corrected chi connectivity index (χ2v) is 29.8. The molecule has 93 heavy (non-hydrogen) atoms. The van der Waals surface area contributed by atoms with Gasteiger partial charge in [-0.15, -0.1) is 6.58 Å². The second kappa shape index (κ2) is 37.4. The van der Waals surface area contributed by atoms with Gasteiger partial charge in [-0.25, -0.2) is 4.79 Å². The van der Waals surface area contributed by atoms with Gasteiger partial charge in [0.1, 0.15) is 0 Å². The number of rotatable bonds is 15. The summed E-state index contributed by atoms with van der Waals surface area (Å²) in [4.78, 5) is 15.0. The summed E-state index contributed by atoms with van der Waals surface area (Å²) in [6, 6.07) is 137. The largest absolute Gasteiger partial charge is 0.478 e. The van der Waals surface area contributed by atoms with E-state index in [1.165, 1.54) is 69.9 Å². The molecule has 0 aliphatic carbocycles. The number of allylic oxidation sites excluding steroid dienone is 1. The topological polar surface area (TPSA) is 50.2 Å². The van der Waals surface area contributed by atoms with Crippen molar-refractivity contribution in [1.29, 1.82) is 0 Å². The SMILES string of the molecule is C=CCc1cccc2ncc(C(=O)O)cc12.[Pd].c1ccc(P(c2ccccc2)c2ccccc2)cc1.c1ccc(P(c2ccccc2)c2ccccc2)cc1.c1ccc(P(c2ccccc2)c2ccccc2)cc1.c1ccc(P(c2ccccc2)c2ccccc2)cc1. The average Bonchev–Trinajstić information content (AvgIpc) is 1.08. The standard InChI is InChI=1S/4C18H15P.C13H11NO2.Pd/c4*1-4-10-16(11-5-1)19(17-12-6-2-7-13-17)18-14-8-3-9-15-18;1-2-4-9-5-3-6-12-11(9)7-10(8-14-12)13(15)16;/h4*1-15H;2-3,5-8H,1,4H2,(H,15,16);. The van der Waals surface area contributed by atoms with Crippen molar-refractivity contribution in [3.63, 3.8) is 0 Å². The molecule has 0 amide bonds. The molecule has 1 heterocycles. The third kappa shape index (κ3) is 19.9. The molecule has 0 saturated carbocycles. The predicted molar refractivity (Wildman–Crippen MR) is 403 cm³/mol. The van der Waals surface area contributed by atoms with Crippen LogP contribution >= 0.6 is 31.7 Å². The Hall–Kier alpha value is -9.14. The first-order valence-corrected chi connectivity index (χ1v) is 35.9. The maximum Gasteiger partial charge on any atom is 0.337 e. The quantitative estimate of drug-likeness (QED) is 0.0632. The van der Waals surface area contributed by atoms with Crippen LogP contribution in [-0.2, 0) is 26.8 Å². The summed E-state index contributed by atoms with van der Waals surface area (Å²) in [5.74, 6) is -0.956. The van der Waals surface area contributed by atoms with Crippen LogP contribution in [0.15, 0.2) is 407 Å². The fraction of sp³-hybridized carbons (Fsp3) is 0.0118. The number of hydrogen-bond acceptors (Lipinski definition) is 2. The van der Waals surface area contributed by atoms with Crippen molar-refractivity contribution in [3.8, 4) is 0 Å². The zero-order chi connectivity index (χ0) is 63.2. The van der Waals surface area contributed by atoms with E-state index >= 15 is 0 Å². The Labute approximate surface area is 568 Å². The first kappa shape index (κ1) is 68.2. The number of fused-ring (bicyclic) bond motifs is 1. The molecule has 458 valence electrons. The van der Waals surface area contributed by atoms with E-state index in [-0.39, 0.29) is 26.0 Å². The molecule has 0 fully saturated rings. The molecule has 1 aromatic heterocycles. The minimum atomic E-state index is -0.956. The van der Waals surface area contributed by atoms with Crippen LogP contribution in [0.3, 0.4) is 0 Å². The van der Waals surface area contributed by atoms with E-state index in [9.17, 15) is 4.79 Å². The Morgan fingerprint density at radius 3 is 0.667 bits per heavy atom. The Kier molecular flexibility index (Phi) is 27.4. The zero-order valence-electron chi connectivity index (χ0n) is 51.4. The number of carbonyl (C=O) groups is 1. The first-order chi connectivity index (χ1) is 45.5. The maximum absolute atomic E-state index is 10.9. The summed E-state index contributed by atoms with van der Waals surface area (Å²) in [7, 11) is -1.78. The maximum atomic E-state index is 10.9. The second-order valence-electron chi connectivity index (χ2n) is 20.9. The molecule has 13 aromatic carbocycles. The summed E-state index contributed by atoms with van der Waals surface area (Å²) < 4.78 is 0. The number of carboxylic acids is 1. The van der Waals surface area contributed by atoms with Gasteiger partial charge in [-0.3, -0.25) is 4.98 Å². The number of nitrogens with zero attached hydrogens (tertiary/aromatic N) is 1. The monoisotopic (exact) mass is 1370 g/mol. The molecule has 0 aliphatic rings. The Morgan fingerprint density at radius 2 is 0.495 bits per heavy atom. The van der Waals surface area contributed by atoms with Crippen molar-refractivity contribution in [2.75, 3.05) is 0 Å². The Balaban J connectivity index is 0.000000137. The molecule has 0 saturated heterocycles. The molecule has 3 nitrogen and oxygen atoms in total. The van der Waals surface area contributed by atoms with E-state index in [0.29, 0.717) is 6.42 Å². The van der Waals surface area contributed by atoms with Gasteiger partial charge in [-0.05, 0) is 119 Å². The van der Waals surface area contributed by atoms with Crippen LogP contribution in [0.2, 0.25) is 0 Å². The summed E-state index contributed by atoms with van der Waals surface area (Å²) in [5.41, 5.74) is 2.07.